The zero-order valence-corrected chi connectivity index (χ0v) is 18.1. The first-order chi connectivity index (χ1) is 15.0. The zero-order valence-electron chi connectivity index (χ0n) is 18.1. The highest BCUT2D eigenvalue weighted by Crippen LogP contribution is 2.28. The topological polar surface area (TPSA) is 69.3 Å². The summed E-state index contributed by atoms with van der Waals surface area (Å²) in [6, 6.07) is 15.7. The Labute approximate surface area is 182 Å². The number of likely N-dealkylation sites (tertiary alicyclic amines) is 1. The molecule has 0 bridgehead atoms. The predicted molar refractivity (Wildman–Crippen MR) is 126 cm³/mol. The monoisotopic (exact) mass is 419 g/mol. The third kappa shape index (κ3) is 4.64. The molecule has 1 aliphatic heterocycles. The molecule has 4 rings (SSSR count). The maximum absolute atomic E-state index is 12.4. The fraction of sp³-hybridized carbons (Fsp3) is 0.360. The Hall–Kier alpha value is -3.12. The lowest BCUT2D eigenvalue weighted by Crippen LogP contribution is -2.35. The summed E-state index contributed by atoms with van der Waals surface area (Å²) in [6.45, 7) is 2.59. The van der Waals surface area contributed by atoms with Crippen LogP contribution >= 0.6 is 0 Å². The van der Waals surface area contributed by atoms with E-state index >= 15 is 0 Å². The summed E-state index contributed by atoms with van der Waals surface area (Å²) in [6.07, 6.45) is 5.09. The molecule has 2 aromatic carbocycles. The molecule has 0 amide bonds. The molecule has 1 N–H and O–H groups in total. The van der Waals surface area contributed by atoms with Gasteiger partial charge in [-0.05, 0) is 55.8 Å². The van der Waals surface area contributed by atoms with E-state index in [-0.39, 0.29) is 17.4 Å². The fourth-order valence-corrected chi connectivity index (χ4v) is 4.16. The molecule has 1 aromatic heterocycles. The van der Waals surface area contributed by atoms with E-state index in [1.54, 1.807) is 24.3 Å². The molecule has 162 valence electrons. The van der Waals surface area contributed by atoms with Crippen LogP contribution in [0.25, 0.3) is 11.0 Å². The summed E-state index contributed by atoms with van der Waals surface area (Å²) in [7, 11) is 4.06. The average molecular weight is 420 g/mol. The standard InChI is InChI=1S/C25H29N3O3/c1-27(2)19-12-10-18(11-13-19)22(28-14-6-3-7-15-28)17-26-16-21-24(29)20-8-4-5-9-23(20)31-25(21)30/h4-5,8-13,16,22,29H,3,6-7,14-15,17H2,1-2H3. The van der Waals surface area contributed by atoms with Crippen LogP contribution in [-0.4, -0.2) is 50.0 Å². The van der Waals surface area contributed by atoms with E-state index in [1.807, 2.05) is 14.1 Å². The van der Waals surface area contributed by atoms with Gasteiger partial charge in [0.15, 0.2) is 0 Å². The van der Waals surface area contributed by atoms with E-state index in [1.165, 1.54) is 31.0 Å². The highest BCUT2D eigenvalue weighted by atomic mass is 16.4. The maximum atomic E-state index is 12.4. The first-order valence-corrected chi connectivity index (χ1v) is 10.8. The number of rotatable bonds is 6. The van der Waals surface area contributed by atoms with Gasteiger partial charge in [0.05, 0.1) is 18.0 Å². The summed E-state index contributed by atoms with van der Waals surface area (Å²) in [5, 5.41) is 11.1. The Morgan fingerprint density at radius 1 is 1.10 bits per heavy atom. The molecule has 0 saturated carbocycles. The van der Waals surface area contributed by atoms with Gasteiger partial charge in [0.2, 0.25) is 0 Å². The van der Waals surface area contributed by atoms with Gasteiger partial charge in [-0.15, -0.1) is 0 Å². The molecular formula is C25H29N3O3. The normalized spacial score (nSPS) is 16.1. The molecular weight excluding hydrogens is 390 g/mol. The number of aromatic hydroxyl groups is 1. The minimum Gasteiger partial charge on any atom is -0.506 e. The molecule has 0 spiro atoms. The second kappa shape index (κ2) is 9.35. The van der Waals surface area contributed by atoms with Crippen LogP contribution in [0.1, 0.15) is 36.4 Å². The molecule has 6 heteroatoms. The van der Waals surface area contributed by atoms with Gasteiger partial charge >= 0.3 is 5.63 Å². The first-order valence-electron chi connectivity index (χ1n) is 10.8. The summed E-state index contributed by atoms with van der Waals surface area (Å²) >= 11 is 0. The Bertz CT molecular complexity index is 1110. The van der Waals surface area contributed by atoms with E-state index in [0.29, 0.717) is 17.5 Å². The lowest BCUT2D eigenvalue weighted by atomic mass is 10.0. The average Bonchev–Trinajstić information content (AvgIpc) is 2.79. The highest BCUT2D eigenvalue weighted by molar-refractivity contribution is 5.93. The molecule has 0 aliphatic carbocycles. The summed E-state index contributed by atoms with van der Waals surface area (Å²) < 4.78 is 5.35. The van der Waals surface area contributed by atoms with Crippen molar-refractivity contribution in [1.29, 1.82) is 0 Å². The number of hydrogen-bond acceptors (Lipinski definition) is 6. The Balaban J connectivity index is 1.61. The summed E-state index contributed by atoms with van der Waals surface area (Å²) in [4.78, 5) is 21.5. The minimum absolute atomic E-state index is 0.0829. The SMILES string of the molecule is CN(C)c1ccc(C(CN=Cc2c(O)c3ccccc3oc2=O)N2CCCCC2)cc1. The zero-order chi connectivity index (χ0) is 21.8. The van der Waals surface area contributed by atoms with Gasteiger partial charge in [-0.3, -0.25) is 9.89 Å². The molecule has 1 saturated heterocycles. The quantitative estimate of drug-likeness (QED) is 0.479. The van der Waals surface area contributed by atoms with Crippen molar-refractivity contribution in [3.05, 3.63) is 70.1 Å². The number of nitrogens with zero attached hydrogens (tertiary/aromatic N) is 3. The van der Waals surface area contributed by atoms with Crippen LogP contribution < -0.4 is 10.5 Å². The smallest absolute Gasteiger partial charge is 0.348 e. The number of para-hydroxylation sites is 1. The van der Waals surface area contributed by atoms with Crippen molar-refractivity contribution in [3.63, 3.8) is 0 Å². The second-order valence-electron chi connectivity index (χ2n) is 8.24. The van der Waals surface area contributed by atoms with Crippen molar-refractivity contribution in [1.82, 2.24) is 4.90 Å². The maximum Gasteiger partial charge on any atom is 0.348 e. The Morgan fingerprint density at radius 3 is 2.52 bits per heavy atom. The number of piperidine rings is 1. The molecule has 0 radical (unpaired) electrons. The molecule has 6 nitrogen and oxygen atoms in total. The number of aliphatic imine (C=N–C) groups is 1. The van der Waals surface area contributed by atoms with Crippen molar-refractivity contribution in [2.75, 3.05) is 38.6 Å². The van der Waals surface area contributed by atoms with Gasteiger partial charge in [0.1, 0.15) is 16.9 Å². The predicted octanol–water partition coefficient (Wildman–Crippen LogP) is 4.21. The van der Waals surface area contributed by atoms with Crippen molar-refractivity contribution in [3.8, 4) is 5.75 Å². The number of anilines is 1. The van der Waals surface area contributed by atoms with Crippen molar-refractivity contribution >= 4 is 22.9 Å². The number of fused-ring (bicyclic) bond motifs is 1. The third-order valence-corrected chi connectivity index (χ3v) is 5.94. The third-order valence-electron chi connectivity index (χ3n) is 5.94. The molecule has 1 atom stereocenters. The summed E-state index contributed by atoms with van der Waals surface area (Å²) in [5.41, 5.74) is 2.25. The summed E-state index contributed by atoms with van der Waals surface area (Å²) in [5.74, 6) is -0.0829. The molecule has 1 aliphatic rings. The lowest BCUT2D eigenvalue weighted by molar-refractivity contribution is 0.168. The Kier molecular flexibility index (Phi) is 6.37. The minimum atomic E-state index is -0.579. The van der Waals surface area contributed by atoms with Crippen LogP contribution in [0.15, 0.2) is 62.7 Å². The van der Waals surface area contributed by atoms with Crippen molar-refractivity contribution in [2.24, 2.45) is 4.99 Å². The van der Waals surface area contributed by atoms with Crippen LogP contribution in [0.3, 0.4) is 0 Å². The fourth-order valence-electron chi connectivity index (χ4n) is 4.16. The van der Waals surface area contributed by atoms with E-state index in [2.05, 4.69) is 39.1 Å². The lowest BCUT2D eigenvalue weighted by Gasteiger charge is -2.34. The van der Waals surface area contributed by atoms with Crippen molar-refractivity contribution < 1.29 is 9.52 Å². The van der Waals surface area contributed by atoms with Gasteiger partial charge in [-0.2, -0.15) is 0 Å². The van der Waals surface area contributed by atoms with Gasteiger partial charge < -0.3 is 14.4 Å². The molecule has 3 aromatic rings. The molecule has 31 heavy (non-hydrogen) atoms. The van der Waals surface area contributed by atoms with Crippen molar-refractivity contribution in [2.45, 2.75) is 25.3 Å². The highest BCUT2D eigenvalue weighted by Gasteiger charge is 2.22. The number of benzene rings is 2. The van der Waals surface area contributed by atoms with Gasteiger partial charge in [0.25, 0.3) is 0 Å². The van der Waals surface area contributed by atoms with Crippen LogP contribution in [0.5, 0.6) is 5.75 Å². The van der Waals surface area contributed by atoms with E-state index in [9.17, 15) is 9.90 Å². The van der Waals surface area contributed by atoms with Gasteiger partial charge in [-0.1, -0.05) is 30.7 Å². The largest absolute Gasteiger partial charge is 0.506 e. The van der Waals surface area contributed by atoms with E-state index < -0.39 is 5.63 Å². The Morgan fingerprint density at radius 2 is 1.81 bits per heavy atom. The van der Waals surface area contributed by atoms with Crippen LogP contribution in [0.4, 0.5) is 5.69 Å². The molecule has 2 heterocycles. The van der Waals surface area contributed by atoms with Gasteiger partial charge in [0, 0.05) is 26.0 Å². The van der Waals surface area contributed by atoms with E-state index in [4.69, 9.17) is 4.42 Å². The molecule has 1 fully saturated rings. The first kappa shape index (κ1) is 21.1. The van der Waals surface area contributed by atoms with Crippen LogP contribution in [0, 0.1) is 0 Å². The van der Waals surface area contributed by atoms with E-state index in [0.717, 1.165) is 18.8 Å². The molecule has 1 unspecified atom stereocenters. The van der Waals surface area contributed by atoms with Crippen LogP contribution in [0.2, 0.25) is 0 Å². The second-order valence-corrected chi connectivity index (χ2v) is 8.24. The van der Waals surface area contributed by atoms with Crippen LogP contribution in [-0.2, 0) is 0 Å². The number of hydrogen-bond donors (Lipinski definition) is 1. The van der Waals surface area contributed by atoms with Gasteiger partial charge in [-0.25, -0.2) is 4.79 Å².